The number of hydrogen-bond donors (Lipinski definition) is 4. The van der Waals surface area contributed by atoms with Gasteiger partial charge >= 0.3 is 5.97 Å². The minimum absolute atomic E-state index is 0.163. The second kappa shape index (κ2) is 4.55. The van der Waals surface area contributed by atoms with Gasteiger partial charge in [-0.3, -0.25) is 16.0 Å². The van der Waals surface area contributed by atoms with Crippen molar-refractivity contribution in [2.45, 2.75) is 6.10 Å². The maximum Gasteiger partial charge on any atom is 0.337 e. The molecule has 8 heteroatoms. The van der Waals surface area contributed by atoms with Crippen LogP contribution >= 0.6 is 0 Å². The molecule has 0 bridgehead atoms. The smallest absolute Gasteiger partial charge is 0.337 e. The summed E-state index contributed by atoms with van der Waals surface area (Å²) in [6.07, 6.45) is -1.87. The largest absolute Gasteiger partial charge is 0.479 e. The SMILES string of the molecule is NNc1c(C(O)C(=O)O)cccc1[N+](=O)[O-]. The highest BCUT2D eigenvalue weighted by Crippen LogP contribution is 2.31. The molecule has 0 saturated carbocycles. The molecule has 1 aromatic rings. The Kier molecular flexibility index (Phi) is 3.38. The van der Waals surface area contributed by atoms with E-state index in [1.165, 1.54) is 12.1 Å². The first-order chi connectivity index (χ1) is 7.49. The van der Waals surface area contributed by atoms with Crippen molar-refractivity contribution in [3.05, 3.63) is 33.9 Å². The van der Waals surface area contributed by atoms with Crippen LogP contribution in [0, 0.1) is 10.1 Å². The Labute approximate surface area is 89.4 Å². The van der Waals surface area contributed by atoms with E-state index in [-0.39, 0.29) is 11.3 Å². The molecular weight excluding hydrogens is 218 g/mol. The molecule has 0 aliphatic heterocycles. The lowest BCUT2D eigenvalue weighted by molar-refractivity contribution is -0.384. The van der Waals surface area contributed by atoms with Crippen molar-refractivity contribution < 1.29 is 19.9 Å². The second-order valence-electron chi connectivity index (χ2n) is 2.88. The molecule has 0 fully saturated rings. The number of carboxylic acids is 1. The van der Waals surface area contributed by atoms with Crippen LogP contribution in [0.1, 0.15) is 11.7 Å². The van der Waals surface area contributed by atoms with Gasteiger partial charge in [0.05, 0.1) is 4.92 Å². The monoisotopic (exact) mass is 227 g/mol. The number of aliphatic carboxylic acids is 1. The number of rotatable bonds is 4. The van der Waals surface area contributed by atoms with E-state index >= 15 is 0 Å². The van der Waals surface area contributed by atoms with Gasteiger partial charge in [-0.15, -0.1) is 0 Å². The maximum atomic E-state index is 10.6. The predicted octanol–water partition coefficient (Wildman–Crippen LogP) is -0.00160. The van der Waals surface area contributed by atoms with Crippen LogP contribution in [0.5, 0.6) is 0 Å². The molecule has 1 rings (SSSR count). The average molecular weight is 227 g/mol. The number of aliphatic hydroxyl groups excluding tert-OH is 1. The Balaban J connectivity index is 3.34. The number of carbonyl (C=O) groups is 1. The molecule has 0 aliphatic rings. The van der Waals surface area contributed by atoms with Gasteiger partial charge in [0.2, 0.25) is 0 Å². The number of nitrogen functional groups attached to an aromatic ring is 1. The molecule has 0 aliphatic carbocycles. The standard InChI is InChI=1S/C8H9N3O5/c9-10-6-4(7(12)8(13)14)2-1-3-5(6)11(15)16/h1-3,7,10,12H,9H2,(H,13,14). The van der Waals surface area contributed by atoms with E-state index in [0.717, 1.165) is 6.07 Å². The molecule has 0 saturated heterocycles. The van der Waals surface area contributed by atoms with Gasteiger partial charge in [0.1, 0.15) is 5.69 Å². The van der Waals surface area contributed by atoms with Crippen LogP contribution in [0.3, 0.4) is 0 Å². The maximum absolute atomic E-state index is 10.6. The van der Waals surface area contributed by atoms with Crippen molar-refractivity contribution >= 4 is 17.3 Å². The summed E-state index contributed by atoms with van der Waals surface area (Å²) in [5.41, 5.74) is 1.23. The summed E-state index contributed by atoms with van der Waals surface area (Å²) >= 11 is 0. The van der Waals surface area contributed by atoms with Crippen molar-refractivity contribution in [3.8, 4) is 0 Å². The number of nitro groups is 1. The Morgan fingerprint density at radius 3 is 2.62 bits per heavy atom. The zero-order chi connectivity index (χ0) is 12.3. The quantitative estimate of drug-likeness (QED) is 0.322. The number of hydrogen-bond acceptors (Lipinski definition) is 6. The Hall–Kier alpha value is -2.19. The lowest BCUT2D eigenvalue weighted by atomic mass is 10.1. The van der Waals surface area contributed by atoms with Crippen LogP contribution in [-0.4, -0.2) is 21.1 Å². The fourth-order valence-electron chi connectivity index (χ4n) is 1.23. The van der Waals surface area contributed by atoms with Crippen molar-refractivity contribution in [2.24, 2.45) is 5.84 Å². The van der Waals surface area contributed by atoms with E-state index in [0.29, 0.717) is 0 Å². The van der Waals surface area contributed by atoms with E-state index in [4.69, 9.17) is 10.9 Å². The molecule has 0 spiro atoms. The topological polar surface area (TPSA) is 139 Å². The molecule has 5 N–H and O–H groups in total. The third-order valence-corrected chi connectivity index (χ3v) is 1.94. The molecule has 1 unspecified atom stereocenters. The molecule has 16 heavy (non-hydrogen) atoms. The van der Waals surface area contributed by atoms with Gasteiger partial charge < -0.3 is 15.6 Å². The molecule has 0 amide bonds. The number of aliphatic hydroxyl groups is 1. The lowest BCUT2D eigenvalue weighted by Gasteiger charge is -2.11. The molecule has 86 valence electrons. The van der Waals surface area contributed by atoms with E-state index in [1.807, 2.05) is 5.43 Å². The highest BCUT2D eigenvalue weighted by Gasteiger charge is 2.25. The summed E-state index contributed by atoms with van der Waals surface area (Å²) in [4.78, 5) is 20.4. The highest BCUT2D eigenvalue weighted by molar-refractivity contribution is 5.79. The van der Waals surface area contributed by atoms with Crippen LogP contribution < -0.4 is 11.3 Å². The highest BCUT2D eigenvalue weighted by atomic mass is 16.6. The molecule has 8 nitrogen and oxygen atoms in total. The summed E-state index contributed by atoms with van der Waals surface area (Å²) in [7, 11) is 0. The van der Waals surface area contributed by atoms with Gasteiger partial charge in [0, 0.05) is 11.6 Å². The van der Waals surface area contributed by atoms with Crippen LogP contribution in [0.15, 0.2) is 18.2 Å². The number of nitrogens with one attached hydrogen (secondary N) is 1. The Bertz CT molecular complexity index is 434. The van der Waals surface area contributed by atoms with E-state index in [1.54, 1.807) is 0 Å². The third kappa shape index (κ3) is 2.07. The van der Waals surface area contributed by atoms with Gasteiger partial charge in [0.15, 0.2) is 6.10 Å². The minimum atomic E-state index is -1.87. The summed E-state index contributed by atoms with van der Waals surface area (Å²) in [5.74, 6) is 3.55. The first-order valence-corrected chi connectivity index (χ1v) is 4.13. The summed E-state index contributed by atoms with van der Waals surface area (Å²) in [5, 5.41) is 28.5. The van der Waals surface area contributed by atoms with Crippen molar-refractivity contribution in [2.75, 3.05) is 5.43 Å². The van der Waals surface area contributed by atoms with Gasteiger partial charge in [-0.25, -0.2) is 4.79 Å². The molecule has 0 heterocycles. The molecule has 1 aromatic carbocycles. The number of nitrogens with zero attached hydrogens (tertiary/aromatic N) is 1. The van der Waals surface area contributed by atoms with Gasteiger partial charge in [0.25, 0.3) is 5.69 Å². The van der Waals surface area contributed by atoms with Crippen LogP contribution in [0.4, 0.5) is 11.4 Å². The van der Waals surface area contributed by atoms with Gasteiger partial charge in [-0.05, 0) is 0 Å². The number of nitro benzene ring substituents is 1. The van der Waals surface area contributed by atoms with Gasteiger partial charge in [-0.1, -0.05) is 12.1 Å². The van der Waals surface area contributed by atoms with E-state index < -0.39 is 22.7 Å². The number of hydrazine groups is 1. The summed E-state index contributed by atoms with van der Waals surface area (Å²) in [6.45, 7) is 0. The Morgan fingerprint density at radius 2 is 2.19 bits per heavy atom. The molecule has 0 aromatic heterocycles. The van der Waals surface area contributed by atoms with Crippen molar-refractivity contribution in [3.63, 3.8) is 0 Å². The number of anilines is 1. The number of benzene rings is 1. The fourth-order valence-corrected chi connectivity index (χ4v) is 1.23. The zero-order valence-electron chi connectivity index (χ0n) is 7.95. The third-order valence-electron chi connectivity index (χ3n) is 1.94. The molecular formula is C8H9N3O5. The van der Waals surface area contributed by atoms with Crippen molar-refractivity contribution in [1.82, 2.24) is 0 Å². The molecule has 0 radical (unpaired) electrons. The fraction of sp³-hybridized carbons (Fsp3) is 0.125. The van der Waals surface area contributed by atoms with Crippen LogP contribution in [-0.2, 0) is 4.79 Å². The van der Waals surface area contributed by atoms with E-state index in [2.05, 4.69) is 0 Å². The van der Waals surface area contributed by atoms with Crippen LogP contribution in [0.25, 0.3) is 0 Å². The minimum Gasteiger partial charge on any atom is -0.479 e. The Morgan fingerprint density at radius 1 is 1.56 bits per heavy atom. The number of nitrogens with two attached hydrogens (primary N) is 1. The number of carboxylic acid groups (broad SMARTS) is 1. The van der Waals surface area contributed by atoms with E-state index in [9.17, 15) is 20.0 Å². The first kappa shape index (κ1) is 11.9. The normalized spacial score (nSPS) is 11.9. The van der Waals surface area contributed by atoms with Gasteiger partial charge in [-0.2, -0.15) is 0 Å². The summed E-state index contributed by atoms with van der Waals surface area (Å²) < 4.78 is 0. The first-order valence-electron chi connectivity index (χ1n) is 4.13. The molecule has 1 atom stereocenters. The lowest BCUT2D eigenvalue weighted by Crippen LogP contribution is -2.17. The average Bonchev–Trinajstić information content (AvgIpc) is 2.26. The van der Waals surface area contributed by atoms with Crippen LogP contribution in [0.2, 0.25) is 0 Å². The zero-order valence-corrected chi connectivity index (χ0v) is 7.95. The second-order valence-corrected chi connectivity index (χ2v) is 2.88. The predicted molar refractivity (Wildman–Crippen MR) is 53.5 cm³/mol. The number of para-hydroxylation sites is 1. The van der Waals surface area contributed by atoms with Crippen molar-refractivity contribution in [1.29, 1.82) is 0 Å². The summed E-state index contributed by atoms with van der Waals surface area (Å²) in [6, 6.07) is 3.65.